The normalized spacial score (nSPS) is 12.9. The van der Waals surface area contributed by atoms with Crippen LogP contribution in [0.5, 0.6) is 0 Å². The maximum Gasteiger partial charge on any atom is 0.306 e. The van der Waals surface area contributed by atoms with E-state index in [1.54, 1.807) is 0 Å². The quantitative estimate of drug-likeness (QED) is 0.0261. The Bertz CT molecular complexity index is 1700. The molecule has 83 heavy (non-hydrogen) atoms. The van der Waals surface area contributed by atoms with Crippen LogP contribution in [0.4, 0.5) is 0 Å². The smallest absolute Gasteiger partial charge is 0.306 e. The van der Waals surface area contributed by atoms with Crippen molar-refractivity contribution in [1.82, 2.24) is 0 Å². The number of unbranched alkanes of at least 4 members (excludes halogenated alkanes) is 32. The van der Waals surface area contributed by atoms with E-state index in [0.717, 1.165) is 128 Å². The fraction of sp³-hybridized carbons (Fsp3) is 0.701. The third-order valence-corrected chi connectivity index (χ3v) is 14.9. The molecule has 0 fully saturated rings. The van der Waals surface area contributed by atoms with Gasteiger partial charge in [0.05, 0.1) is 0 Å². The summed E-state index contributed by atoms with van der Waals surface area (Å²) in [5.74, 6) is -0.905. The van der Waals surface area contributed by atoms with E-state index < -0.39 is 6.10 Å². The standard InChI is InChI=1S/C77H130O6/c1-4-7-10-13-16-19-22-25-27-29-31-33-35-37-38-40-41-43-45-47-49-52-55-58-61-64-67-70-76(79)82-73-74(72-81-75(78)69-66-63-60-57-54-51-24-21-18-15-12-9-6-3)83-77(80)71-68-65-62-59-56-53-50-48-46-44-42-39-36-34-32-30-28-26-23-20-17-14-11-8-5-2/h8,11,17,20-22,24-26,28-29,31-32,34-35,37,39,42,46,48,74H,4-7,9-10,12-16,18-19,23,27,30,33,36,38,40-41,43-45,47,49-73H2,1-3H3/b11-8-,20-17-,24-21-,25-22-,28-26-,31-29-,34-32-,37-35-,42-39-,48-46-. The summed E-state index contributed by atoms with van der Waals surface area (Å²) in [4.78, 5) is 38.4. The Morgan fingerprint density at radius 3 is 0.759 bits per heavy atom. The second-order valence-corrected chi connectivity index (χ2v) is 23.1. The molecule has 0 aliphatic heterocycles. The van der Waals surface area contributed by atoms with Gasteiger partial charge in [0, 0.05) is 19.3 Å². The topological polar surface area (TPSA) is 78.9 Å². The second kappa shape index (κ2) is 70.3. The molecule has 0 aromatic carbocycles. The predicted octanol–water partition coefficient (Wildman–Crippen LogP) is 24.3. The zero-order valence-corrected chi connectivity index (χ0v) is 54.4. The van der Waals surface area contributed by atoms with Gasteiger partial charge in [-0.2, -0.15) is 0 Å². The maximum atomic E-state index is 13.0. The van der Waals surface area contributed by atoms with E-state index in [1.165, 1.54) is 161 Å². The number of carbonyl (C=O) groups is 3. The monoisotopic (exact) mass is 1150 g/mol. The summed E-state index contributed by atoms with van der Waals surface area (Å²) < 4.78 is 17.0. The molecule has 0 spiro atoms. The highest BCUT2D eigenvalue weighted by molar-refractivity contribution is 5.71. The van der Waals surface area contributed by atoms with Crippen molar-refractivity contribution in [3.05, 3.63) is 122 Å². The molecular weight excluding hydrogens is 1020 g/mol. The summed E-state index contributed by atoms with van der Waals surface area (Å²) >= 11 is 0. The first-order chi connectivity index (χ1) is 41.0. The molecule has 0 radical (unpaired) electrons. The average Bonchev–Trinajstić information content (AvgIpc) is 3.49. The maximum absolute atomic E-state index is 13.0. The van der Waals surface area contributed by atoms with Crippen molar-refractivity contribution < 1.29 is 28.6 Å². The Kier molecular flexibility index (Phi) is 66.7. The minimum Gasteiger partial charge on any atom is -0.462 e. The number of esters is 3. The van der Waals surface area contributed by atoms with Crippen LogP contribution >= 0.6 is 0 Å². The molecule has 0 aromatic heterocycles. The second-order valence-electron chi connectivity index (χ2n) is 23.1. The van der Waals surface area contributed by atoms with Gasteiger partial charge in [-0.25, -0.2) is 0 Å². The fourth-order valence-electron chi connectivity index (χ4n) is 9.68. The van der Waals surface area contributed by atoms with Crippen molar-refractivity contribution in [2.24, 2.45) is 0 Å². The summed E-state index contributed by atoms with van der Waals surface area (Å²) in [7, 11) is 0. The predicted molar refractivity (Wildman–Crippen MR) is 362 cm³/mol. The number of ether oxygens (including phenoxy) is 3. The van der Waals surface area contributed by atoms with Gasteiger partial charge in [-0.15, -0.1) is 0 Å². The first-order valence-corrected chi connectivity index (χ1v) is 35.0. The van der Waals surface area contributed by atoms with Crippen molar-refractivity contribution in [3.8, 4) is 0 Å². The zero-order chi connectivity index (χ0) is 59.9. The van der Waals surface area contributed by atoms with Gasteiger partial charge in [0.25, 0.3) is 0 Å². The lowest BCUT2D eigenvalue weighted by Crippen LogP contribution is -2.30. The number of carbonyl (C=O) groups excluding carboxylic acids is 3. The fourth-order valence-corrected chi connectivity index (χ4v) is 9.68. The van der Waals surface area contributed by atoms with Gasteiger partial charge < -0.3 is 14.2 Å². The molecule has 0 saturated carbocycles. The first kappa shape index (κ1) is 78.8. The van der Waals surface area contributed by atoms with E-state index >= 15 is 0 Å². The van der Waals surface area contributed by atoms with E-state index in [0.29, 0.717) is 19.3 Å². The van der Waals surface area contributed by atoms with Gasteiger partial charge in [-0.3, -0.25) is 14.4 Å². The van der Waals surface area contributed by atoms with Crippen LogP contribution < -0.4 is 0 Å². The molecule has 0 aliphatic rings. The van der Waals surface area contributed by atoms with E-state index in [9.17, 15) is 14.4 Å². The molecule has 0 N–H and O–H groups in total. The van der Waals surface area contributed by atoms with E-state index in [2.05, 4.69) is 142 Å². The van der Waals surface area contributed by atoms with Crippen LogP contribution in [0, 0.1) is 0 Å². The molecule has 6 nitrogen and oxygen atoms in total. The highest BCUT2D eigenvalue weighted by Gasteiger charge is 2.19. The van der Waals surface area contributed by atoms with Crippen molar-refractivity contribution in [1.29, 1.82) is 0 Å². The molecule has 0 saturated heterocycles. The third-order valence-electron chi connectivity index (χ3n) is 14.9. The van der Waals surface area contributed by atoms with Gasteiger partial charge >= 0.3 is 17.9 Å². The Morgan fingerprint density at radius 2 is 0.470 bits per heavy atom. The summed E-state index contributed by atoms with van der Waals surface area (Å²) in [6, 6.07) is 0. The van der Waals surface area contributed by atoms with E-state index in [-0.39, 0.29) is 31.1 Å². The zero-order valence-electron chi connectivity index (χ0n) is 54.4. The van der Waals surface area contributed by atoms with Gasteiger partial charge in [0.1, 0.15) is 13.2 Å². The Morgan fingerprint density at radius 1 is 0.253 bits per heavy atom. The number of allylic oxidation sites excluding steroid dienone is 20. The molecule has 0 heterocycles. The molecule has 0 aliphatic carbocycles. The van der Waals surface area contributed by atoms with Crippen LogP contribution in [0.15, 0.2) is 122 Å². The minimum atomic E-state index is -0.795. The number of rotatable bonds is 63. The lowest BCUT2D eigenvalue weighted by molar-refractivity contribution is -0.167. The van der Waals surface area contributed by atoms with Crippen molar-refractivity contribution in [3.63, 3.8) is 0 Å². The van der Waals surface area contributed by atoms with Gasteiger partial charge in [-0.1, -0.05) is 296 Å². The molecule has 0 aromatic rings. The SMILES string of the molecule is CC/C=C\C/C=C\C/C=C\C/C=C\C/C=C\C/C=C\CCCCCCCCC(=O)OC(COC(=O)CCCCCCC/C=C\CCCCCC)COC(=O)CCCCCCCCCCCCCC/C=C\C/C=C\C/C=C\CCCCCCC. The van der Waals surface area contributed by atoms with E-state index in [4.69, 9.17) is 14.2 Å². The van der Waals surface area contributed by atoms with E-state index in [1.807, 2.05) is 0 Å². The molecule has 1 atom stereocenters. The Hall–Kier alpha value is -4.19. The Labute approximate surface area is 513 Å². The van der Waals surface area contributed by atoms with Crippen LogP contribution in [-0.4, -0.2) is 37.2 Å². The van der Waals surface area contributed by atoms with Crippen molar-refractivity contribution >= 4 is 17.9 Å². The average molecular weight is 1150 g/mol. The Balaban J connectivity index is 4.34. The summed E-state index contributed by atoms with van der Waals surface area (Å²) in [6.45, 7) is 6.50. The summed E-state index contributed by atoms with van der Waals surface area (Å²) in [5.41, 5.74) is 0. The highest BCUT2D eigenvalue weighted by atomic mass is 16.6. The van der Waals surface area contributed by atoms with Crippen LogP contribution in [0.1, 0.15) is 329 Å². The minimum absolute atomic E-state index is 0.0888. The summed E-state index contributed by atoms with van der Waals surface area (Å²) in [6.07, 6.45) is 97.9. The lowest BCUT2D eigenvalue weighted by Gasteiger charge is -2.18. The largest absolute Gasteiger partial charge is 0.462 e. The van der Waals surface area contributed by atoms with Crippen LogP contribution in [0.25, 0.3) is 0 Å². The van der Waals surface area contributed by atoms with Crippen molar-refractivity contribution in [2.45, 2.75) is 335 Å². The van der Waals surface area contributed by atoms with Gasteiger partial charge in [0.15, 0.2) is 6.10 Å². The van der Waals surface area contributed by atoms with Crippen LogP contribution in [0.2, 0.25) is 0 Å². The molecule has 0 rings (SSSR count). The van der Waals surface area contributed by atoms with Gasteiger partial charge in [0.2, 0.25) is 0 Å². The van der Waals surface area contributed by atoms with Crippen molar-refractivity contribution in [2.75, 3.05) is 13.2 Å². The molecule has 474 valence electrons. The highest BCUT2D eigenvalue weighted by Crippen LogP contribution is 2.16. The first-order valence-electron chi connectivity index (χ1n) is 35.0. The van der Waals surface area contributed by atoms with Gasteiger partial charge in [-0.05, 0) is 135 Å². The number of hydrogen-bond acceptors (Lipinski definition) is 6. The lowest BCUT2D eigenvalue weighted by atomic mass is 10.0. The van der Waals surface area contributed by atoms with Crippen LogP contribution in [0.3, 0.4) is 0 Å². The molecule has 6 heteroatoms. The van der Waals surface area contributed by atoms with Crippen LogP contribution in [-0.2, 0) is 28.6 Å². The third kappa shape index (κ3) is 68.5. The molecule has 1 unspecified atom stereocenters. The summed E-state index contributed by atoms with van der Waals surface area (Å²) in [5, 5.41) is 0. The molecule has 0 bridgehead atoms. The molecule has 0 amide bonds. The number of hydrogen-bond donors (Lipinski definition) is 0. The molecular formula is C77H130O6.